The van der Waals surface area contributed by atoms with Gasteiger partial charge in [0.25, 0.3) is 0 Å². The van der Waals surface area contributed by atoms with Crippen molar-refractivity contribution in [3.63, 3.8) is 0 Å². The molecule has 2 heterocycles. The molecule has 1 aromatic rings. The number of carbonyl (C=O) groups is 2. The van der Waals surface area contributed by atoms with Gasteiger partial charge in [0.1, 0.15) is 5.00 Å². The molecule has 2 aliphatic rings. The molecule has 2 amide bonds. The third-order valence-corrected chi connectivity index (χ3v) is 8.25. The zero-order valence-corrected chi connectivity index (χ0v) is 23.3. The third-order valence-electron chi connectivity index (χ3n) is 6.57. The Morgan fingerprint density at radius 3 is 2.76 bits per heavy atom. The van der Waals surface area contributed by atoms with Gasteiger partial charge in [0, 0.05) is 18.0 Å². The van der Waals surface area contributed by atoms with Gasteiger partial charge in [0.05, 0.1) is 12.2 Å². The maximum Gasteiger partial charge on any atom is 0.341 e. The van der Waals surface area contributed by atoms with Gasteiger partial charge >= 0.3 is 12.0 Å². The number of unbranched alkanes of at least 4 members (excludes halogenated alkanes) is 1. The van der Waals surface area contributed by atoms with Crippen LogP contribution in [0.2, 0.25) is 0 Å². The number of thiophene rings is 1. The molecule has 34 heavy (non-hydrogen) atoms. The number of allylic oxidation sites excluding steroid dienone is 1. The number of ether oxygens (including phenoxy) is 1. The highest BCUT2D eigenvalue weighted by Crippen LogP contribution is 2.40. The van der Waals surface area contributed by atoms with Gasteiger partial charge in [0.2, 0.25) is 0 Å². The molecule has 1 aliphatic carbocycles. The molecular formula is C26H38BrN3O3S. The second-order valence-corrected chi connectivity index (χ2v) is 11.5. The molecule has 3 rings (SSSR count). The highest BCUT2D eigenvalue weighted by Gasteiger charge is 2.29. The third kappa shape index (κ3) is 6.73. The minimum atomic E-state index is -0.346. The monoisotopic (exact) mass is 551 g/mol. The molecule has 0 radical (unpaired) electrons. The number of aryl methyl sites for hydroxylation is 1. The van der Waals surface area contributed by atoms with Crippen LogP contribution in [0.3, 0.4) is 0 Å². The van der Waals surface area contributed by atoms with Crippen LogP contribution in [0.1, 0.15) is 80.6 Å². The largest absolute Gasteiger partial charge is 0.462 e. The van der Waals surface area contributed by atoms with Gasteiger partial charge in [-0.25, -0.2) is 9.59 Å². The van der Waals surface area contributed by atoms with Gasteiger partial charge in [-0.3, -0.25) is 5.32 Å². The van der Waals surface area contributed by atoms with Gasteiger partial charge < -0.3 is 15.4 Å². The van der Waals surface area contributed by atoms with Crippen molar-refractivity contribution in [3.8, 4) is 0 Å². The van der Waals surface area contributed by atoms with Crippen molar-refractivity contribution in [3.05, 3.63) is 37.2 Å². The number of halogens is 1. The molecule has 6 nitrogen and oxygen atoms in total. The molecule has 0 aromatic carbocycles. The van der Waals surface area contributed by atoms with Crippen LogP contribution in [-0.4, -0.2) is 38.2 Å². The molecule has 1 unspecified atom stereocenters. The average Bonchev–Trinajstić information content (AvgIpc) is 3.15. The number of nitrogens with one attached hydrogen (secondary N) is 3. The number of anilines is 1. The second-order valence-electron chi connectivity index (χ2n) is 9.21. The van der Waals surface area contributed by atoms with E-state index >= 15 is 0 Å². The molecular weight excluding hydrogens is 514 g/mol. The van der Waals surface area contributed by atoms with E-state index in [0.29, 0.717) is 29.6 Å². The summed E-state index contributed by atoms with van der Waals surface area (Å²) in [5.41, 5.74) is 5.53. The summed E-state index contributed by atoms with van der Waals surface area (Å²) in [5, 5.41) is 10.1. The van der Waals surface area contributed by atoms with Crippen molar-refractivity contribution in [1.82, 2.24) is 10.6 Å². The first-order valence-electron chi connectivity index (χ1n) is 12.5. The van der Waals surface area contributed by atoms with E-state index < -0.39 is 0 Å². The molecule has 0 bridgehead atoms. The summed E-state index contributed by atoms with van der Waals surface area (Å²) in [6.45, 7) is 10.9. The van der Waals surface area contributed by atoms with Crippen molar-refractivity contribution >= 4 is 44.3 Å². The number of urea groups is 1. The number of amides is 2. The maximum absolute atomic E-state index is 13.0. The minimum absolute atomic E-state index is 0.298. The van der Waals surface area contributed by atoms with E-state index in [0.717, 1.165) is 67.2 Å². The van der Waals surface area contributed by atoms with Crippen LogP contribution < -0.4 is 16.0 Å². The second kappa shape index (κ2) is 12.9. The lowest BCUT2D eigenvalue weighted by Gasteiger charge is -2.25. The predicted molar refractivity (Wildman–Crippen MR) is 144 cm³/mol. The summed E-state index contributed by atoms with van der Waals surface area (Å²) < 4.78 is 6.38. The number of carbonyl (C=O) groups excluding carboxylic acids is 2. The van der Waals surface area contributed by atoms with Crippen LogP contribution in [0, 0.1) is 5.92 Å². The Balaban J connectivity index is 1.76. The highest BCUT2D eigenvalue weighted by atomic mass is 79.9. The summed E-state index contributed by atoms with van der Waals surface area (Å²) in [5.74, 6) is 0.174. The van der Waals surface area contributed by atoms with E-state index in [-0.39, 0.29) is 12.0 Å². The maximum atomic E-state index is 13.0. The lowest BCUT2D eigenvalue weighted by atomic mass is 9.88. The van der Waals surface area contributed by atoms with E-state index in [1.165, 1.54) is 33.8 Å². The predicted octanol–water partition coefficient (Wildman–Crippen LogP) is 6.32. The van der Waals surface area contributed by atoms with Crippen LogP contribution in [0.4, 0.5) is 9.80 Å². The zero-order valence-electron chi connectivity index (χ0n) is 20.9. The van der Waals surface area contributed by atoms with Crippen LogP contribution in [0.15, 0.2) is 21.2 Å². The minimum Gasteiger partial charge on any atom is -0.462 e. The smallest absolute Gasteiger partial charge is 0.341 e. The Morgan fingerprint density at radius 2 is 2.06 bits per heavy atom. The van der Waals surface area contributed by atoms with Gasteiger partial charge in [-0.1, -0.05) is 41.8 Å². The van der Waals surface area contributed by atoms with Crippen LogP contribution in [-0.2, 0) is 17.6 Å². The topological polar surface area (TPSA) is 79.5 Å². The molecule has 1 atom stereocenters. The lowest BCUT2D eigenvalue weighted by molar-refractivity contribution is 0.0526. The standard InChI is InChI=1S/C26H38BrN3O3S/c1-5-7-8-18-14-28-12-11-19(18)21(17(4)27)15-29-26(32)30-24-23(25(31)33-6-2)20-13-16(3)9-10-22(20)34-24/h16,28H,5-15H2,1-4H3,(H2,29,30,32)/b21-17+. The Morgan fingerprint density at radius 1 is 1.26 bits per heavy atom. The molecule has 0 spiro atoms. The Hall–Kier alpha value is -1.64. The van der Waals surface area contributed by atoms with E-state index in [9.17, 15) is 9.59 Å². The number of hydrogen-bond donors (Lipinski definition) is 3. The number of hydrogen-bond acceptors (Lipinski definition) is 5. The fourth-order valence-corrected chi connectivity index (χ4v) is 6.35. The summed E-state index contributed by atoms with van der Waals surface area (Å²) in [6.07, 6.45) is 7.26. The van der Waals surface area contributed by atoms with E-state index in [1.807, 2.05) is 6.92 Å². The first kappa shape index (κ1) is 27.0. The summed E-state index contributed by atoms with van der Waals surface area (Å²) >= 11 is 5.19. The number of esters is 1. The molecule has 3 N–H and O–H groups in total. The van der Waals surface area contributed by atoms with E-state index in [4.69, 9.17) is 4.74 Å². The van der Waals surface area contributed by atoms with E-state index in [2.05, 4.69) is 45.7 Å². The van der Waals surface area contributed by atoms with Gasteiger partial charge in [-0.05, 0) is 86.0 Å². The van der Waals surface area contributed by atoms with Crippen molar-refractivity contribution in [1.29, 1.82) is 0 Å². The Labute approximate surface area is 216 Å². The lowest BCUT2D eigenvalue weighted by Crippen LogP contribution is -2.33. The quantitative estimate of drug-likeness (QED) is 0.313. The summed E-state index contributed by atoms with van der Waals surface area (Å²) in [7, 11) is 0. The fraction of sp³-hybridized carbons (Fsp3) is 0.615. The summed E-state index contributed by atoms with van der Waals surface area (Å²) in [6, 6.07) is -0.298. The Bertz CT molecular complexity index is 963. The first-order valence-corrected chi connectivity index (χ1v) is 14.1. The van der Waals surface area contributed by atoms with Crippen molar-refractivity contribution in [2.75, 3.05) is 31.6 Å². The van der Waals surface area contributed by atoms with E-state index in [1.54, 1.807) is 6.92 Å². The highest BCUT2D eigenvalue weighted by molar-refractivity contribution is 9.11. The van der Waals surface area contributed by atoms with Crippen LogP contribution >= 0.6 is 27.3 Å². The van der Waals surface area contributed by atoms with Gasteiger partial charge in [-0.2, -0.15) is 0 Å². The molecule has 0 saturated heterocycles. The fourth-order valence-electron chi connectivity index (χ4n) is 4.75. The molecule has 188 valence electrons. The molecule has 0 fully saturated rings. The molecule has 1 aromatic heterocycles. The van der Waals surface area contributed by atoms with Crippen molar-refractivity contribution in [2.24, 2.45) is 5.92 Å². The van der Waals surface area contributed by atoms with Gasteiger partial charge in [-0.15, -0.1) is 11.3 Å². The molecule has 0 saturated carbocycles. The zero-order chi connectivity index (χ0) is 24.7. The van der Waals surface area contributed by atoms with Gasteiger partial charge in [0.15, 0.2) is 0 Å². The Kier molecular flexibility index (Phi) is 10.2. The number of rotatable bonds is 9. The van der Waals surface area contributed by atoms with Crippen molar-refractivity contribution < 1.29 is 14.3 Å². The molecule has 8 heteroatoms. The average molecular weight is 553 g/mol. The molecule has 1 aliphatic heterocycles. The van der Waals surface area contributed by atoms with Crippen LogP contribution in [0.25, 0.3) is 0 Å². The van der Waals surface area contributed by atoms with Crippen molar-refractivity contribution in [2.45, 2.75) is 72.6 Å². The summed E-state index contributed by atoms with van der Waals surface area (Å²) in [4.78, 5) is 26.9. The normalized spacial score (nSPS) is 18.8. The van der Waals surface area contributed by atoms with Crippen LogP contribution in [0.5, 0.6) is 0 Å². The first-order chi connectivity index (χ1) is 16.3. The number of fused-ring (bicyclic) bond motifs is 1. The SMILES string of the molecule is CCCCC1=C(/C(CNC(=O)Nc2sc3c(c2C(=O)OCC)CC(C)CC3)=C(\C)Br)CCNC1.